The summed E-state index contributed by atoms with van der Waals surface area (Å²) in [6, 6.07) is 14.4. The van der Waals surface area contributed by atoms with Crippen LogP contribution < -0.4 is 10.6 Å². The molecule has 7 nitrogen and oxygen atoms in total. The van der Waals surface area contributed by atoms with Crippen molar-refractivity contribution in [2.24, 2.45) is 13.0 Å². The van der Waals surface area contributed by atoms with E-state index in [1.165, 1.54) is 11.8 Å². The maximum absolute atomic E-state index is 12.8. The zero-order valence-electron chi connectivity index (χ0n) is 20.0. The Labute approximate surface area is 209 Å². The van der Waals surface area contributed by atoms with Gasteiger partial charge in [0.1, 0.15) is 0 Å². The van der Waals surface area contributed by atoms with Gasteiger partial charge in [-0.3, -0.25) is 9.59 Å². The first-order chi connectivity index (χ1) is 16.2. The number of rotatable bonds is 9. The highest BCUT2D eigenvalue weighted by Crippen LogP contribution is 2.27. The molecule has 0 aliphatic carbocycles. The number of nitrogens with one attached hydrogen (secondary N) is 2. The summed E-state index contributed by atoms with van der Waals surface area (Å²) in [6.07, 6.45) is 0. The Hall–Kier alpha value is -2.84. The van der Waals surface area contributed by atoms with E-state index in [2.05, 4.69) is 34.7 Å². The lowest BCUT2D eigenvalue weighted by molar-refractivity contribution is -0.113. The highest BCUT2D eigenvalue weighted by atomic mass is 35.5. The Morgan fingerprint density at radius 2 is 1.71 bits per heavy atom. The van der Waals surface area contributed by atoms with Crippen LogP contribution in [0.2, 0.25) is 5.02 Å². The van der Waals surface area contributed by atoms with E-state index in [1.807, 2.05) is 49.7 Å². The molecule has 0 radical (unpaired) electrons. The second-order valence-electron chi connectivity index (χ2n) is 8.65. The van der Waals surface area contributed by atoms with Gasteiger partial charge in [0.25, 0.3) is 5.91 Å². The smallest absolute Gasteiger partial charge is 0.253 e. The zero-order valence-corrected chi connectivity index (χ0v) is 21.6. The van der Waals surface area contributed by atoms with E-state index >= 15 is 0 Å². The van der Waals surface area contributed by atoms with Crippen molar-refractivity contribution in [3.8, 4) is 0 Å². The van der Waals surface area contributed by atoms with Gasteiger partial charge in [0, 0.05) is 12.7 Å². The van der Waals surface area contributed by atoms with Gasteiger partial charge in [-0.15, -0.1) is 10.2 Å². The normalized spacial score (nSPS) is 12.1. The molecule has 1 heterocycles. The Morgan fingerprint density at radius 1 is 1.03 bits per heavy atom. The monoisotopic (exact) mass is 499 g/mol. The molecule has 1 atom stereocenters. The molecule has 3 rings (SSSR count). The predicted octanol–water partition coefficient (Wildman–Crippen LogP) is 5.45. The molecule has 0 spiro atoms. The van der Waals surface area contributed by atoms with Crippen LogP contribution in [0.5, 0.6) is 0 Å². The van der Waals surface area contributed by atoms with Gasteiger partial charge in [-0.05, 0) is 35.6 Å². The minimum absolute atomic E-state index is 0.0584. The van der Waals surface area contributed by atoms with Gasteiger partial charge in [0.2, 0.25) is 5.91 Å². The van der Waals surface area contributed by atoms with Crippen molar-refractivity contribution >= 4 is 40.9 Å². The van der Waals surface area contributed by atoms with Crippen LogP contribution in [0.25, 0.3) is 0 Å². The third-order valence-corrected chi connectivity index (χ3v) is 6.76. The van der Waals surface area contributed by atoms with Gasteiger partial charge in [0.15, 0.2) is 11.0 Å². The molecule has 2 amide bonds. The second-order valence-corrected chi connectivity index (χ2v) is 10.0. The van der Waals surface area contributed by atoms with Gasteiger partial charge in [-0.1, -0.05) is 81.4 Å². The Kier molecular flexibility index (Phi) is 8.74. The first-order valence-corrected chi connectivity index (χ1v) is 12.5. The molecule has 0 unspecified atom stereocenters. The summed E-state index contributed by atoms with van der Waals surface area (Å²) in [5, 5.41) is 15.6. The minimum Gasteiger partial charge on any atom is -0.342 e. The van der Waals surface area contributed by atoms with Crippen molar-refractivity contribution in [1.29, 1.82) is 0 Å². The molecule has 0 bridgehead atoms. The van der Waals surface area contributed by atoms with Crippen molar-refractivity contribution in [2.45, 2.75) is 44.8 Å². The van der Waals surface area contributed by atoms with Crippen LogP contribution in [0, 0.1) is 5.92 Å². The van der Waals surface area contributed by atoms with E-state index in [1.54, 1.807) is 24.3 Å². The lowest BCUT2D eigenvalue weighted by atomic mass is 10.0. The number of hydrogen-bond donors (Lipinski definition) is 2. The Bertz CT molecular complexity index is 1160. The van der Waals surface area contributed by atoms with Crippen LogP contribution >= 0.6 is 23.4 Å². The fourth-order valence-corrected chi connectivity index (χ4v) is 4.49. The van der Waals surface area contributed by atoms with Crippen molar-refractivity contribution in [3.63, 3.8) is 0 Å². The summed E-state index contributed by atoms with van der Waals surface area (Å²) in [6.45, 7) is 8.18. The van der Waals surface area contributed by atoms with Gasteiger partial charge in [0.05, 0.1) is 22.4 Å². The number of amides is 2. The van der Waals surface area contributed by atoms with Gasteiger partial charge in [-0.25, -0.2) is 0 Å². The molecule has 2 aromatic carbocycles. The fraction of sp³-hybridized carbons (Fsp3) is 0.360. The number of carbonyl (C=O) groups is 2. The molecule has 2 N–H and O–H groups in total. The summed E-state index contributed by atoms with van der Waals surface area (Å²) in [5.74, 6) is 0.780. The van der Waals surface area contributed by atoms with Crippen molar-refractivity contribution in [1.82, 2.24) is 20.1 Å². The van der Waals surface area contributed by atoms with Gasteiger partial charge < -0.3 is 15.2 Å². The van der Waals surface area contributed by atoms with Crippen molar-refractivity contribution in [3.05, 3.63) is 70.5 Å². The molecule has 9 heteroatoms. The number of halogens is 1. The maximum atomic E-state index is 12.8. The van der Waals surface area contributed by atoms with Crippen molar-refractivity contribution < 1.29 is 9.59 Å². The van der Waals surface area contributed by atoms with Crippen LogP contribution in [0.3, 0.4) is 0 Å². The number of nitrogens with zero attached hydrogens (tertiary/aromatic N) is 3. The van der Waals surface area contributed by atoms with Crippen molar-refractivity contribution in [2.75, 3.05) is 11.1 Å². The lowest BCUT2D eigenvalue weighted by Crippen LogP contribution is -2.33. The number of para-hydroxylation sites is 1. The van der Waals surface area contributed by atoms with E-state index < -0.39 is 0 Å². The number of carbonyl (C=O) groups excluding carboxylic acids is 2. The molecular weight excluding hydrogens is 470 g/mol. The Morgan fingerprint density at radius 3 is 2.38 bits per heavy atom. The molecule has 0 saturated carbocycles. The van der Waals surface area contributed by atoms with Crippen LogP contribution in [0.1, 0.15) is 61.4 Å². The van der Waals surface area contributed by atoms with Crippen LogP contribution in [0.4, 0.5) is 5.69 Å². The predicted molar refractivity (Wildman–Crippen MR) is 137 cm³/mol. The maximum Gasteiger partial charge on any atom is 0.253 e. The summed E-state index contributed by atoms with van der Waals surface area (Å²) < 4.78 is 1.82. The van der Waals surface area contributed by atoms with E-state index in [0.717, 1.165) is 11.3 Å². The number of aromatic nitrogens is 3. The summed E-state index contributed by atoms with van der Waals surface area (Å²) in [4.78, 5) is 25.4. The molecular formula is C25H30ClN5O2S. The fourth-order valence-electron chi connectivity index (χ4n) is 3.55. The standard InChI is InChI=1S/C25H30ClN5O2S/c1-15(2)17-10-7-9-13-20(17)27-21(32)14-34-25-30-29-23(31(25)5)22(16(3)4)28-24(33)18-11-6-8-12-19(18)26/h6-13,15-16,22H,14H2,1-5H3,(H,27,32)(H,28,33)/t22-/m1/s1. The molecule has 180 valence electrons. The number of thioether (sulfide) groups is 1. The highest BCUT2D eigenvalue weighted by Gasteiger charge is 2.26. The van der Waals surface area contributed by atoms with E-state index in [9.17, 15) is 9.59 Å². The second kappa shape index (κ2) is 11.5. The van der Waals surface area contributed by atoms with Crippen LogP contribution in [-0.4, -0.2) is 32.3 Å². The number of hydrogen-bond acceptors (Lipinski definition) is 5. The lowest BCUT2D eigenvalue weighted by Gasteiger charge is -2.22. The minimum atomic E-state index is -0.373. The summed E-state index contributed by atoms with van der Waals surface area (Å²) >= 11 is 7.48. The number of benzene rings is 2. The van der Waals surface area contributed by atoms with Crippen LogP contribution in [-0.2, 0) is 11.8 Å². The van der Waals surface area contributed by atoms with E-state index in [4.69, 9.17) is 11.6 Å². The third-order valence-electron chi connectivity index (χ3n) is 5.41. The summed E-state index contributed by atoms with van der Waals surface area (Å²) in [7, 11) is 1.83. The molecule has 0 fully saturated rings. The highest BCUT2D eigenvalue weighted by molar-refractivity contribution is 7.99. The van der Waals surface area contributed by atoms with Gasteiger partial charge >= 0.3 is 0 Å². The number of anilines is 1. The first-order valence-electron chi connectivity index (χ1n) is 11.1. The van der Waals surface area contributed by atoms with Crippen LogP contribution in [0.15, 0.2) is 53.7 Å². The van der Waals surface area contributed by atoms with Gasteiger partial charge in [-0.2, -0.15) is 0 Å². The SMILES string of the molecule is CC(C)c1ccccc1NC(=O)CSc1nnc([C@H](NC(=O)c2ccccc2Cl)C(C)C)n1C. The molecule has 3 aromatic rings. The molecule has 0 saturated heterocycles. The molecule has 34 heavy (non-hydrogen) atoms. The molecule has 0 aliphatic rings. The summed E-state index contributed by atoms with van der Waals surface area (Å²) in [5.41, 5.74) is 2.32. The van der Waals surface area contributed by atoms with E-state index in [-0.39, 0.29) is 29.5 Å². The zero-order chi connectivity index (χ0) is 24.8. The largest absolute Gasteiger partial charge is 0.342 e. The quantitative estimate of drug-likeness (QED) is 0.382. The molecule has 0 aliphatic heterocycles. The van der Waals surface area contributed by atoms with E-state index in [0.29, 0.717) is 27.5 Å². The first kappa shape index (κ1) is 25.8. The average Bonchev–Trinajstić information content (AvgIpc) is 3.16. The topological polar surface area (TPSA) is 88.9 Å². The third kappa shape index (κ3) is 6.18. The average molecular weight is 500 g/mol. The molecule has 1 aromatic heterocycles. The Balaban J connectivity index is 1.68.